The van der Waals surface area contributed by atoms with Crippen LogP contribution < -0.4 is 10.1 Å². The van der Waals surface area contributed by atoms with Crippen molar-refractivity contribution in [2.24, 2.45) is 5.92 Å². The molecule has 1 aliphatic carbocycles. The topological polar surface area (TPSA) is 30.5 Å². The monoisotopic (exact) mass is 277 g/mol. The zero-order valence-corrected chi connectivity index (χ0v) is 11.5. The quantitative estimate of drug-likeness (QED) is 0.916. The van der Waals surface area contributed by atoms with Crippen molar-refractivity contribution >= 4 is 0 Å². The molecule has 1 aromatic rings. The van der Waals surface area contributed by atoms with E-state index in [0.29, 0.717) is 12.1 Å². The highest BCUT2D eigenvalue weighted by molar-refractivity contribution is 5.37. The Bertz CT molecular complexity index is 503. The number of nitrogens with one attached hydrogen (secondary N) is 1. The predicted molar refractivity (Wildman–Crippen MR) is 73.4 cm³/mol. The fraction of sp³-hybridized carbons (Fsp3) is 0.625. The molecule has 1 saturated heterocycles. The number of ether oxygens (including phenoxy) is 2. The maximum Gasteiger partial charge on any atom is 0.123 e. The van der Waals surface area contributed by atoms with Crippen molar-refractivity contribution in [3.63, 3.8) is 0 Å². The van der Waals surface area contributed by atoms with Crippen LogP contribution in [0.15, 0.2) is 18.2 Å². The van der Waals surface area contributed by atoms with Crippen LogP contribution in [-0.2, 0) is 11.2 Å². The lowest BCUT2D eigenvalue weighted by molar-refractivity contribution is 0.0789. The molecule has 2 aliphatic heterocycles. The summed E-state index contributed by atoms with van der Waals surface area (Å²) in [6, 6.07) is 5.24. The third-order valence-corrected chi connectivity index (χ3v) is 4.59. The summed E-state index contributed by atoms with van der Waals surface area (Å²) in [5, 5.41) is 3.60. The van der Waals surface area contributed by atoms with Crippen molar-refractivity contribution in [1.29, 1.82) is 0 Å². The molecule has 0 bridgehead atoms. The summed E-state index contributed by atoms with van der Waals surface area (Å²) < 4.78 is 24.9. The van der Waals surface area contributed by atoms with E-state index in [2.05, 4.69) is 5.32 Å². The lowest BCUT2D eigenvalue weighted by atomic mass is 10.1. The van der Waals surface area contributed by atoms with E-state index in [1.165, 1.54) is 18.9 Å². The largest absolute Gasteiger partial charge is 0.488 e. The van der Waals surface area contributed by atoms with Crippen LogP contribution in [0.4, 0.5) is 4.39 Å². The van der Waals surface area contributed by atoms with E-state index in [1.54, 1.807) is 12.1 Å². The zero-order chi connectivity index (χ0) is 13.5. The van der Waals surface area contributed by atoms with Crippen molar-refractivity contribution in [2.45, 2.75) is 43.9 Å². The highest BCUT2D eigenvalue weighted by Crippen LogP contribution is 2.38. The molecular formula is C16H20FNO2. The summed E-state index contributed by atoms with van der Waals surface area (Å²) in [6.07, 6.45) is 5.03. The lowest BCUT2D eigenvalue weighted by Gasteiger charge is -2.21. The molecular weight excluding hydrogens is 257 g/mol. The van der Waals surface area contributed by atoms with Gasteiger partial charge in [0.15, 0.2) is 0 Å². The number of rotatable bonds is 4. The zero-order valence-electron chi connectivity index (χ0n) is 11.5. The van der Waals surface area contributed by atoms with Crippen LogP contribution in [0, 0.1) is 11.7 Å². The number of halogens is 1. The van der Waals surface area contributed by atoms with Gasteiger partial charge in [0, 0.05) is 31.2 Å². The molecule has 1 saturated carbocycles. The van der Waals surface area contributed by atoms with Gasteiger partial charge in [0.1, 0.15) is 17.7 Å². The number of hydrogen-bond donors (Lipinski definition) is 1. The molecule has 0 radical (unpaired) electrons. The Morgan fingerprint density at radius 3 is 3.00 bits per heavy atom. The van der Waals surface area contributed by atoms with Gasteiger partial charge in [-0.3, -0.25) is 0 Å². The van der Waals surface area contributed by atoms with E-state index in [1.807, 2.05) is 0 Å². The van der Waals surface area contributed by atoms with Gasteiger partial charge < -0.3 is 14.8 Å². The van der Waals surface area contributed by atoms with Crippen LogP contribution in [0.2, 0.25) is 0 Å². The number of hydrogen-bond acceptors (Lipinski definition) is 3. The standard InChI is InChI=1S/C16H20FNO2/c17-12-3-4-15-11(7-12)8-13(20-15)9-18-14-5-6-19-16(14)10-1-2-10/h3-4,7,10,13-14,16,18H,1-2,5-6,8-9H2. The van der Waals surface area contributed by atoms with Gasteiger partial charge >= 0.3 is 0 Å². The predicted octanol–water partition coefficient (Wildman–Crippen LogP) is 2.29. The fourth-order valence-electron chi connectivity index (χ4n) is 3.40. The average molecular weight is 277 g/mol. The Kier molecular flexibility index (Phi) is 3.15. The fourth-order valence-corrected chi connectivity index (χ4v) is 3.40. The minimum atomic E-state index is -0.182. The van der Waals surface area contributed by atoms with Gasteiger partial charge in [-0.15, -0.1) is 0 Å². The summed E-state index contributed by atoms with van der Waals surface area (Å²) >= 11 is 0. The minimum Gasteiger partial charge on any atom is -0.488 e. The molecule has 108 valence electrons. The smallest absolute Gasteiger partial charge is 0.123 e. The van der Waals surface area contributed by atoms with E-state index >= 15 is 0 Å². The van der Waals surface area contributed by atoms with E-state index in [9.17, 15) is 4.39 Å². The molecule has 2 heterocycles. The highest BCUT2D eigenvalue weighted by atomic mass is 19.1. The summed E-state index contributed by atoms with van der Waals surface area (Å²) in [4.78, 5) is 0. The van der Waals surface area contributed by atoms with Crippen LogP contribution in [0.3, 0.4) is 0 Å². The van der Waals surface area contributed by atoms with Crippen LogP contribution in [-0.4, -0.2) is 31.4 Å². The van der Waals surface area contributed by atoms with E-state index in [4.69, 9.17) is 9.47 Å². The molecule has 4 heteroatoms. The van der Waals surface area contributed by atoms with Gasteiger partial charge in [-0.2, -0.15) is 0 Å². The molecule has 2 fully saturated rings. The molecule has 3 unspecified atom stereocenters. The van der Waals surface area contributed by atoms with Crippen molar-refractivity contribution < 1.29 is 13.9 Å². The van der Waals surface area contributed by atoms with E-state index in [0.717, 1.165) is 43.2 Å². The van der Waals surface area contributed by atoms with Crippen LogP contribution in [0.25, 0.3) is 0 Å². The second kappa shape index (κ2) is 5.01. The molecule has 3 atom stereocenters. The van der Waals surface area contributed by atoms with Gasteiger partial charge in [-0.05, 0) is 43.4 Å². The van der Waals surface area contributed by atoms with E-state index < -0.39 is 0 Å². The minimum absolute atomic E-state index is 0.118. The molecule has 0 spiro atoms. The van der Waals surface area contributed by atoms with Gasteiger partial charge in [0.05, 0.1) is 6.10 Å². The maximum atomic E-state index is 13.2. The third kappa shape index (κ3) is 2.42. The Morgan fingerprint density at radius 2 is 2.15 bits per heavy atom. The summed E-state index contributed by atoms with van der Waals surface area (Å²) in [5.41, 5.74) is 0.984. The Morgan fingerprint density at radius 1 is 1.25 bits per heavy atom. The SMILES string of the molecule is Fc1ccc2c(c1)CC(CNC1CCOC1C1CC1)O2. The summed E-state index contributed by atoms with van der Waals surface area (Å²) in [6.45, 7) is 1.68. The maximum absolute atomic E-state index is 13.2. The first kappa shape index (κ1) is 12.6. The first-order valence-corrected chi connectivity index (χ1v) is 7.59. The van der Waals surface area contributed by atoms with Crippen molar-refractivity contribution in [1.82, 2.24) is 5.32 Å². The number of benzene rings is 1. The second-order valence-corrected chi connectivity index (χ2v) is 6.17. The molecule has 1 aromatic carbocycles. The Hall–Kier alpha value is -1.13. The molecule has 0 aromatic heterocycles. The van der Waals surface area contributed by atoms with Gasteiger partial charge in [0.2, 0.25) is 0 Å². The first-order valence-electron chi connectivity index (χ1n) is 7.59. The van der Waals surface area contributed by atoms with Crippen LogP contribution in [0.1, 0.15) is 24.8 Å². The third-order valence-electron chi connectivity index (χ3n) is 4.59. The van der Waals surface area contributed by atoms with Gasteiger partial charge in [-0.25, -0.2) is 4.39 Å². The Labute approximate surface area is 118 Å². The number of fused-ring (bicyclic) bond motifs is 1. The first-order chi connectivity index (χ1) is 9.79. The molecule has 0 amide bonds. The highest BCUT2D eigenvalue weighted by Gasteiger charge is 2.40. The van der Waals surface area contributed by atoms with Crippen LogP contribution in [0.5, 0.6) is 5.75 Å². The lowest BCUT2D eigenvalue weighted by Crippen LogP contribution is -2.42. The normalized spacial score (nSPS) is 32.1. The molecule has 4 rings (SSSR count). The average Bonchev–Trinajstić information content (AvgIpc) is 3.03. The van der Waals surface area contributed by atoms with Crippen LogP contribution >= 0.6 is 0 Å². The molecule has 1 N–H and O–H groups in total. The Balaban J connectivity index is 1.33. The summed E-state index contributed by atoms with van der Waals surface area (Å²) in [7, 11) is 0. The van der Waals surface area contributed by atoms with Gasteiger partial charge in [0.25, 0.3) is 0 Å². The molecule has 3 aliphatic rings. The van der Waals surface area contributed by atoms with E-state index in [-0.39, 0.29) is 11.9 Å². The molecule has 20 heavy (non-hydrogen) atoms. The van der Waals surface area contributed by atoms with Gasteiger partial charge in [-0.1, -0.05) is 0 Å². The second-order valence-electron chi connectivity index (χ2n) is 6.17. The van der Waals surface area contributed by atoms with Crippen molar-refractivity contribution in [2.75, 3.05) is 13.2 Å². The van der Waals surface area contributed by atoms with Crippen molar-refractivity contribution in [3.05, 3.63) is 29.6 Å². The van der Waals surface area contributed by atoms with Crippen molar-refractivity contribution in [3.8, 4) is 5.75 Å². The molecule has 3 nitrogen and oxygen atoms in total. The summed E-state index contributed by atoms with van der Waals surface area (Å²) in [5.74, 6) is 1.42.